The van der Waals surface area contributed by atoms with Gasteiger partial charge in [0.05, 0.1) is 0 Å². The Morgan fingerprint density at radius 2 is 1.64 bits per heavy atom. The number of anilines is 2. The summed E-state index contributed by atoms with van der Waals surface area (Å²) in [5.74, 6) is 1.60. The topological polar surface area (TPSA) is 44.3 Å². The molecule has 1 aliphatic heterocycles. The molecule has 0 aliphatic carbocycles. The molecule has 1 N–H and O–H groups in total. The van der Waals surface area contributed by atoms with Gasteiger partial charge in [-0.3, -0.25) is 4.90 Å². The van der Waals surface area contributed by atoms with Crippen molar-refractivity contribution in [2.24, 2.45) is 0 Å². The standard InChI is InChI=1S/C22H24ClN5/c23-20-9-5-4-8-19(20)16-25-22-24-11-10-21(26-22)28-14-12-27(13-15-28)17-18-6-2-1-3-7-18/h1-11H,12-17H2,(H,24,25,26). The highest BCUT2D eigenvalue weighted by Gasteiger charge is 2.18. The second kappa shape index (κ2) is 9.04. The van der Waals surface area contributed by atoms with Gasteiger partial charge < -0.3 is 10.2 Å². The minimum atomic E-state index is 0.605. The first-order chi connectivity index (χ1) is 13.8. The molecule has 1 saturated heterocycles. The molecule has 28 heavy (non-hydrogen) atoms. The number of nitrogens with one attached hydrogen (secondary N) is 1. The molecular formula is C22H24ClN5. The SMILES string of the molecule is Clc1ccccc1CNc1nccc(N2CCN(Cc3ccccc3)CC2)n1. The summed E-state index contributed by atoms with van der Waals surface area (Å²) >= 11 is 6.22. The molecule has 0 radical (unpaired) electrons. The minimum absolute atomic E-state index is 0.605. The Labute approximate surface area is 171 Å². The Balaban J connectivity index is 1.33. The average Bonchev–Trinajstić information content (AvgIpc) is 2.75. The van der Waals surface area contributed by atoms with Gasteiger partial charge in [0.1, 0.15) is 5.82 Å². The number of benzene rings is 2. The summed E-state index contributed by atoms with van der Waals surface area (Å²) in [6, 6.07) is 20.4. The van der Waals surface area contributed by atoms with E-state index in [4.69, 9.17) is 16.6 Å². The molecule has 0 unspecified atom stereocenters. The van der Waals surface area contributed by atoms with E-state index in [-0.39, 0.29) is 0 Å². The monoisotopic (exact) mass is 393 g/mol. The van der Waals surface area contributed by atoms with E-state index in [2.05, 4.69) is 50.4 Å². The summed E-state index contributed by atoms with van der Waals surface area (Å²) in [4.78, 5) is 13.9. The Morgan fingerprint density at radius 1 is 0.893 bits per heavy atom. The molecule has 4 rings (SSSR count). The van der Waals surface area contributed by atoms with Gasteiger partial charge in [0.25, 0.3) is 0 Å². The van der Waals surface area contributed by atoms with E-state index in [1.807, 2.05) is 36.5 Å². The molecule has 144 valence electrons. The predicted molar refractivity (Wildman–Crippen MR) is 115 cm³/mol. The second-order valence-electron chi connectivity index (χ2n) is 6.93. The molecule has 0 atom stereocenters. The summed E-state index contributed by atoms with van der Waals surface area (Å²) in [7, 11) is 0. The van der Waals surface area contributed by atoms with Gasteiger partial charge >= 0.3 is 0 Å². The van der Waals surface area contributed by atoms with Gasteiger partial charge in [0.15, 0.2) is 0 Å². The quantitative estimate of drug-likeness (QED) is 0.684. The maximum absolute atomic E-state index is 6.22. The Bertz CT molecular complexity index is 894. The molecule has 5 nitrogen and oxygen atoms in total. The van der Waals surface area contributed by atoms with Crippen molar-refractivity contribution in [1.82, 2.24) is 14.9 Å². The Kier molecular flexibility index (Phi) is 6.04. The zero-order chi connectivity index (χ0) is 19.2. The maximum atomic E-state index is 6.22. The van der Waals surface area contributed by atoms with E-state index >= 15 is 0 Å². The highest BCUT2D eigenvalue weighted by molar-refractivity contribution is 6.31. The highest BCUT2D eigenvalue weighted by Crippen LogP contribution is 2.18. The summed E-state index contributed by atoms with van der Waals surface area (Å²) in [5.41, 5.74) is 2.40. The summed E-state index contributed by atoms with van der Waals surface area (Å²) < 4.78 is 0. The van der Waals surface area contributed by atoms with Crippen molar-refractivity contribution < 1.29 is 0 Å². The van der Waals surface area contributed by atoms with Crippen LogP contribution in [0, 0.1) is 0 Å². The van der Waals surface area contributed by atoms with Crippen LogP contribution in [0.4, 0.5) is 11.8 Å². The van der Waals surface area contributed by atoms with Gasteiger partial charge in [0, 0.05) is 50.5 Å². The molecule has 2 heterocycles. The van der Waals surface area contributed by atoms with E-state index in [1.54, 1.807) is 0 Å². The first-order valence-electron chi connectivity index (χ1n) is 9.59. The lowest BCUT2D eigenvalue weighted by atomic mass is 10.2. The van der Waals surface area contributed by atoms with Crippen molar-refractivity contribution in [1.29, 1.82) is 0 Å². The van der Waals surface area contributed by atoms with Crippen LogP contribution in [0.3, 0.4) is 0 Å². The van der Waals surface area contributed by atoms with Crippen LogP contribution in [0.5, 0.6) is 0 Å². The number of nitrogens with zero attached hydrogens (tertiary/aromatic N) is 4. The van der Waals surface area contributed by atoms with E-state index < -0.39 is 0 Å². The van der Waals surface area contributed by atoms with Gasteiger partial charge in [-0.2, -0.15) is 4.98 Å². The first kappa shape index (κ1) is 18.7. The molecule has 1 aromatic heterocycles. The van der Waals surface area contributed by atoms with Crippen LogP contribution in [0.25, 0.3) is 0 Å². The highest BCUT2D eigenvalue weighted by atomic mass is 35.5. The van der Waals surface area contributed by atoms with Crippen LogP contribution in [0.15, 0.2) is 66.9 Å². The molecule has 0 spiro atoms. The molecule has 1 fully saturated rings. The van der Waals surface area contributed by atoms with E-state index in [0.717, 1.165) is 49.1 Å². The smallest absolute Gasteiger partial charge is 0.224 e. The molecule has 6 heteroatoms. The Hall–Kier alpha value is -2.63. The Morgan fingerprint density at radius 3 is 2.43 bits per heavy atom. The van der Waals surface area contributed by atoms with Crippen molar-refractivity contribution in [2.75, 3.05) is 36.4 Å². The van der Waals surface area contributed by atoms with Gasteiger partial charge in [0.2, 0.25) is 5.95 Å². The predicted octanol–water partition coefficient (Wildman–Crippen LogP) is 4.06. The van der Waals surface area contributed by atoms with Crippen molar-refractivity contribution in [3.63, 3.8) is 0 Å². The number of halogens is 1. The third-order valence-electron chi connectivity index (χ3n) is 4.98. The third kappa shape index (κ3) is 4.80. The van der Waals surface area contributed by atoms with Gasteiger partial charge in [-0.25, -0.2) is 4.98 Å². The lowest BCUT2D eigenvalue weighted by Crippen LogP contribution is -2.46. The summed E-state index contributed by atoms with van der Waals surface area (Å²) in [6.07, 6.45) is 1.81. The normalized spacial score (nSPS) is 14.8. The lowest BCUT2D eigenvalue weighted by molar-refractivity contribution is 0.249. The average molecular weight is 394 g/mol. The van der Waals surface area contributed by atoms with Gasteiger partial charge in [-0.1, -0.05) is 60.1 Å². The van der Waals surface area contributed by atoms with E-state index in [9.17, 15) is 0 Å². The molecular weight excluding hydrogens is 370 g/mol. The third-order valence-corrected chi connectivity index (χ3v) is 5.35. The van der Waals surface area contributed by atoms with Crippen molar-refractivity contribution in [2.45, 2.75) is 13.1 Å². The molecule has 0 saturated carbocycles. The van der Waals surface area contributed by atoms with Crippen LogP contribution in [0.2, 0.25) is 5.02 Å². The molecule has 0 bridgehead atoms. The fourth-order valence-electron chi connectivity index (χ4n) is 3.40. The van der Waals surface area contributed by atoms with Crippen molar-refractivity contribution >= 4 is 23.4 Å². The molecule has 3 aromatic rings. The van der Waals surface area contributed by atoms with E-state index in [1.165, 1.54) is 5.56 Å². The van der Waals surface area contributed by atoms with Crippen LogP contribution in [0.1, 0.15) is 11.1 Å². The number of piperazine rings is 1. The zero-order valence-electron chi connectivity index (χ0n) is 15.8. The fourth-order valence-corrected chi connectivity index (χ4v) is 3.61. The van der Waals surface area contributed by atoms with Crippen molar-refractivity contribution in [3.05, 3.63) is 83.0 Å². The fraction of sp³-hybridized carbons (Fsp3) is 0.273. The number of aromatic nitrogens is 2. The first-order valence-corrected chi connectivity index (χ1v) is 9.97. The van der Waals surface area contributed by atoms with E-state index in [0.29, 0.717) is 12.5 Å². The maximum Gasteiger partial charge on any atom is 0.224 e. The van der Waals surface area contributed by atoms with Gasteiger partial charge in [-0.05, 0) is 23.3 Å². The largest absolute Gasteiger partial charge is 0.354 e. The van der Waals surface area contributed by atoms with Crippen LogP contribution in [-0.2, 0) is 13.1 Å². The van der Waals surface area contributed by atoms with Crippen LogP contribution in [-0.4, -0.2) is 41.0 Å². The number of rotatable bonds is 6. The van der Waals surface area contributed by atoms with Crippen LogP contribution >= 0.6 is 11.6 Å². The van der Waals surface area contributed by atoms with Gasteiger partial charge in [-0.15, -0.1) is 0 Å². The summed E-state index contributed by atoms with van der Waals surface area (Å²) in [6.45, 7) is 5.60. The molecule has 2 aromatic carbocycles. The number of hydrogen-bond donors (Lipinski definition) is 1. The van der Waals surface area contributed by atoms with Crippen molar-refractivity contribution in [3.8, 4) is 0 Å². The molecule has 0 amide bonds. The lowest BCUT2D eigenvalue weighted by Gasteiger charge is -2.35. The summed E-state index contributed by atoms with van der Waals surface area (Å²) in [5, 5.41) is 4.03. The minimum Gasteiger partial charge on any atom is -0.354 e. The zero-order valence-corrected chi connectivity index (χ0v) is 16.5. The number of hydrogen-bond acceptors (Lipinski definition) is 5. The molecule has 1 aliphatic rings. The second-order valence-corrected chi connectivity index (χ2v) is 7.34. The van der Waals surface area contributed by atoms with Crippen LogP contribution < -0.4 is 10.2 Å².